The number of thiophene rings is 1. The third-order valence-corrected chi connectivity index (χ3v) is 3.43. The van der Waals surface area contributed by atoms with Crippen molar-refractivity contribution in [2.24, 2.45) is 0 Å². The third-order valence-electron chi connectivity index (χ3n) is 2.42. The summed E-state index contributed by atoms with van der Waals surface area (Å²) in [4.78, 5) is 11.7. The van der Waals surface area contributed by atoms with Crippen LogP contribution >= 0.6 is 11.3 Å². The molecule has 16 heavy (non-hydrogen) atoms. The van der Waals surface area contributed by atoms with Crippen LogP contribution in [-0.4, -0.2) is 11.1 Å². The first-order valence-corrected chi connectivity index (χ1v) is 5.90. The summed E-state index contributed by atoms with van der Waals surface area (Å²) in [5, 5.41) is 10.6. The number of hydrogen-bond acceptors (Lipinski definition) is 2. The van der Waals surface area contributed by atoms with Gasteiger partial charge >= 0.3 is 5.97 Å². The molecular weight excluding hydrogens is 220 g/mol. The molecule has 0 saturated carbocycles. The largest absolute Gasteiger partial charge is 0.481 e. The molecule has 0 radical (unpaired) electrons. The molecule has 1 aromatic carbocycles. The van der Waals surface area contributed by atoms with Gasteiger partial charge in [0.05, 0.1) is 6.42 Å². The Morgan fingerprint density at radius 3 is 2.81 bits per heavy atom. The van der Waals surface area contributed by atoms with Crippen LogP contribution < -0.4 is 0 Å². The van der Waals surface area contributed by atoms with Crippen molar-refractivity contribution < 1.29 is 9.90 Å². The highest BCUT2D eigenvalue weighted by Crippen LogP contribution is 2.29. The van der Waals surface area contributed by atoms with E-state index in [1.807, 2.05) is 23.6 Å². The van der Waals surface area contributed by atoms with E-state index in [1.165, 1.54) is 11.1 Å². The Kier molecular flexibility index (Phi) is 3.06. The van der Waals surface area contributed by atoms with Gasteiger partial charge in [-0.05, 0) is 35.1 Å². The molecule has 2 aromatic rings. The lowest BCUT2D eigenvalue weighted by molar-refractivity contribution is -0.136. The van der Waals surface area contributed by atoms with Crippen molar-refractivity contribution >= 4 is 17.3 Å². The first-order chi connectivity index (χ1) is 7.66. The average Bonchev–Trinajstić information content (AvgIpc) is 2.66. The van der Waals surface area contributed by atoms with Crippen molar-refractivity contribution in [3.63, 3.8) is 0 Å². The van der Waals surface area contributed by atoms with Crippen LogP contribution in [0.15, 0.2) is 35.7 Å². The standard InChI is InChI=1S/C13H12O2S/c1-9-4-2-3-5-11(9)12-6-10(8-16-12)7-13(14)15/h2-6,8H,7H2,1H3,(H,14,15). The minimum Gasteiger partial charge on any atom is -0.481 e. The fourth-order valence-electron chi connectivity index (χ4n) is 1.63. The molecule has 0 aliphatic heterocycles. The van der Waals surface area contributed by atoms with Crippen LogP contribution in [0.1, 0.15) is 11.1 Å². The summed E-state index contributed by atoms with van der Waals surface area (Å²) >= 11 is 1.60. The quantitative estimate of drug-likeness (QED) is 0.881. The second-order valence-electron chi connectivity index (χ2n) is 3.70. The third kappa shape index (κ3) is 2.31. The average molecular weight is 232 g/mol. The highest BCUT2D eigenvalue weighted by atomic mass is 32.1. The summed E-state index contributed by atoms with van der Waals surface area (Å²) < 4.78 is 0. The van der Waals surface area contributed by atoms with Gasteiger partial charge in [-0.2, -0.15) is 0 Å². The number of carboxylic acids is 1. The summed E-state index contributed by atoms with van der Waals surface area (Å²) in [6.45, 7) is 2.06. The molecule has 0 fully saturated rings. The number of rotatable bonds is 3. The van der Waals surface area contributed by atoms with Crippen molar-refractivity contribution in [3.8, 4) is 10.4 Å². The van der Waals surface area contributed by atoms with Gasteiger partial charge in [-0.25, -0.2) is 0 Å². The zero-order chi connectivity index (χ0) is 11.5. The first-order valence-electron chi connectivity index (χ1n) is 5.02. The van der Waals surface area contributed by atoms with Crippen molar-refractivity contribution in [2.45, 2.75) is 13.3 Å². The van der Waals surface area contributed by atoms with E-state index in [0.717, 1.165) is 10.4 Å². The monoisotopic (exact) mass is 232 g/mol. The summed E-state index contributed by atoms with van der Waals surface area (Å²) in [6.07, 6.45) is 0.0996. The fraction of sp³-hybridized carbons (Fsp3) is 0.154. The topological polar surface area (TPSA) is 37.3 Å². The molecule has 3 heteroatoms. The summed E-state index contributed by atoms with van der Waals surface area (Å²) in [5.41, 5.74) is 3.27. The molecule has 2 nitrogen and oxygen atoms in total. The minimum atomic E-state index is -0.783. The second kappa shape index (κ2) is 4.49. The van der Waals surface area contributed by atoms with Crippen LogP contribution in [-0.2, 0) is 11.2 Å². The molecule has 82 valence electrons. The SMILES string of the molecule is Cc1ccccc1-c1cc(CC(=O)O)cs1. The zero-order valence-electron chi connectivity index (χ0n) is 8.93. The number of hydrogen-bond donors (Lipinski definition) is 1. The maximum absolute atomic E-state index is 10.6. The van der Waals surface area contributed by atoms with E-state index < -0.39 is 5.97 Å². The summed E-state index contributed by atoms with van der Waals surface area (Å²) in [5.74, 6) is -0.783. The zero-order valence-corrected chi connectivity index (χ0v) is 9.75. The van der Waals surface area contributed by atoms with Gasteiger partial charge in [0.2, 0.25) is 0 Å². The molecule has 1 heterocycles. The van der Waals surface area contributed by atoms with E-state index in [2.05, 4.69) is 19.1 Å². The predicted octanol–water partition coefficient (Wildman–Crippen LogP) is 3.35. The van der Waals surface area contributed by atoms with Gasteiger partial charge in [0.25, 0.3) is 0 Å². The first kappa shape index (κ1) is 10.9. The number of aryl methyl sites for hydroxylation is 1. The van der Waals surface area contributed by atoms with E-state index >= 15 is 0 Å². The van der Waals surface area contributed by atoms with Gasteiger partial charge < -0.3 is 5.11 Å². The number of carbonyl (C=O) groups is 1. The molecule has 0 saturated heterocycles. The molecule has 0 aliphatic carbocycles. The van der Waals surface area contributed by atoms with Crippen molar-refractivity contribution in [2.75, 3.05) is 0 Å². The molecule has 0 aliphatic rings. The highest BCUT2D eigenvalue weighted by molar-refractivity contribution is 7.13. The smallest absolute Gasteiger partial charge is 0.307 e. The summed E-state index contributed by atoms with van der Waals surface area (Å²) in [6, 6.07) is 10.1. The Morgan fingerprint density at radius 1 is 1.38 bits per heavy atom. The van der Waals surface area contributed by atoms with Gasteiger partial charge in [-0.3, -0.25) is 4.79 Å². The van der Waals surface area contributed by atoms with Crippen molar-refractivity contribution in [1.82, 2.24) is 0 Å². The van der Waals surface area contributed by atoms with Gasteiger partial charge in [-0.15, -0.1) is 11.3 Å². The molecule has 0 spiro atoms. The maximum Gasteiger partial charge on any atom is 0.307 e. The van der Waals surface area contributed by atoms with E-state index in [0.29, 0.717) is 0 Å². The van der Waals surface area contributed by atoms with E-state index in [-0.39, 0.29) is 6.42 Å². The van der Waals surface area contributed by atoms with Gasteiger partial charge in [0, 0.05) is 4.88 Å². The van der Waals surface area contributed by atoms with Crippen molar-refractivity contribution in [1.29, 1.82) is 0 Å². The Hall–Kier alpha value is -1.61. The lowest BCUT2D eigenvalue weighted by Crippen LogP contribution is -1.97. The van der Waals surface area contributed by atoms with Crippen molar-refractivity contribution in [3.05, 3.63) is 46.8 Å². The normalized spacial score (nSPS) is 10.3. The number of benzene rings is 1. The van der Waals surface area contributed by atoms with Crippen LogP contribution in [0.2, 0.25) is 0 Å². The molecule has 0 amide bonds. The molecular formula is C13H12O2S. The molecule has 2 rings (SSSR count). The lowest BCUT2D eigenvalue weighted by Gasteiger charge is -2.01. The predicted molar refractivity (Wildman–Crippen MR) is 65.8 cm³/mol. The Morgan fingerprint density at radius 2 is 2.12 bits per heavy atom. The Balaban J connectivity index is 2.32. The van der Waals surface area contributed by atoms with Crippen LogP contribution in [0.25, 0.3) is 10.4 Å². The summed E-state index contributed by atoms with van der Waals surface area (Å²) in [7, 11) is 0. The van der Waals surface area contributed by atoms with E-state index in [9.17, 15) is 4.79 Å². The molecule has 0 bridgehead atoms. The molecule has 0 atom stereocenters. The van der Waals surface area contributed by atoms with Crippen LogP contribution in [0, 0.1) is 6.92 Å². The van der Waals surface area contributed by atoms with Crippen LogP contribution in [0.4, 0.5) is 0 Å². The highest BCUT2D eigenvalue weighted by Gasteiger charge is 2.07. The number of carboxylic acid groups (broad SMARTS) is 1. The van der Waals surface area contributed by atoms with Crippen LogP contribution in [0.5, 0.6) is 0 Å². The van der Waals surface area contributed by atoms with Gasteiger partial charge in [0.15, 0.2) is 0 Å². The van der Waals surface area contributed by atoms with Crippen LogP contribution in [0.3, 0.4) is 0 Å². The minimum absolute atomic E-state index is 0.0996. The lowest BCUT2D eigenvalue weighted by atomic mass is 10.1. The van der Waals surface area contributed by atoms with E-state index in [1.54, 1.807) is 11.3 Å². The fourth-order valence-corrected chi connectivity index (χ4v) is 2.64. The van der Waals surface area contributed by atoms with Gasteiger partial charge in [-0.1, -0.05) is 24.3 Å². The Bertz CT molecular complexity index is 514. The van der Waals surface area contributed by atoms with Gasteiger partial charge in [0.1, 0.15) is 0 Å². The molecule has 1 N–H and O–H groups in total. The van der Waals surface area contributed by atoms with E-state index in [4.69, 9.17) is 5.11 Å². The Labute approximate surface area is 98.2 Å². The molecule has 0 unspecified atom stereocenters. The number of aliphatic carboxylic acids is 1. The maximum atomic E-state index is 10.6. The second-order valence-corrected chi connectivity index (χ2v) is 4.62. The molecule has 1 aromatic heterocycles.